The first-order valence-corrected chi connectivity index (χ1v) is 9.66. The molecule has 0 spiro atoms. The van der Waals surface area contributed by atoms with Crippen LogP contribution in [0.25, 0.3) is 0 Å². The van der Waals surface area contributed by atoms with Crippen LogP contribution < -0.4 is 0 Å². The minimum atomic E-state index is -0.937. The Kier molecular flexibility index (Phi) is 8.08. The zero-order valence-electron chi connectivity index (χ0n) is 8.78. The average molecular weight is 332 g/mol. The van der Waals surface area contributed by atoms with Gasteiger partial charge in [-0.2, -0.15) is 0 Å². The lowest BCUT2D eigenvalue weighted by molar-refractivity contribution is 0.158. The van der Waals surface area contributed by atoms with Crippen molar-refractivity contribution in [3.63, 3.8) is 0 Å². The molecule has 0 rings (SSSR count). The summed E-state index contributed by atoms with van der Waals surface area (Å²) >= 11 is 7.20. The maximum Gasteiger partial charge on any atom is 0.172 e. The number of hydrogen-bond donors (Lipinski definition) is 0. The predicted molar refractivity (Wildman–Crippen MR) is 69.6 cm³/mol. The van der Waals surface area contributed by atoms with Crippen LogP contribution in [0, 0.1) is 0 Å². The van der Waals surface area contributed by atoms with Crippen LogP contribution >= 0.6 is 31.9 Å². The maximum absolute atomic E-state index is 6.01. The molecule has 0 aromatic rings. The summed E-state index contributed by atoms with van der Waals surface area (Å²) in [7, 11) is -0.937. The van der Waals surface area contributed by atoms with Gasteiger partial charge < -0.3 is 4.43 Å². The fourth-order valence-corrected chi connectivity index (χ4v) is 5.10. The Morgan fingerprint density at radius 2 is 1.92 bits per heavy atom. The molecule has 0 aliphatic rings. The summed E-state index contributed by atoms with van der Waals surface area (Å²) in [5.41, 5.74) is 0. The van der Waals surface area contributed by atoms with Gasteiger partial charge in [0.1, 0.15) is 4.51 Å². The van der Waals surface area contributed by atoms with Gasteiger partial charge in [-0.15, -0.1) is 0 Å². The van der Waals surface area contributed by atoms with Crippen molar-refractivity contribution >= 4 is 40.9 Å². The molecule has 0 aliphatic heterocycles. The summed E-state index contributed by atoms with van der Waals surface area (Å²) < 4.78 is 5.96. The molecule has 0 aliphatic carbocycles. The van der Waals surface area contributed by atoms with Crippen molar-refractivity contribution in [1.29, 1.82) is 0 Å². The number of unbranched alkanes of at least 4 members (excludes halogenated alkanes) is 1. The number of alkyl halides is 2. The van der Waals surface area contributed by atoms with E-state index < -0.39 is 9.04 Å². The van der Waals surface area contributed by atoms with E-state index in [0.717, 1.165) is 18.2 Å². The van der Waals surface area contributed by atoms with Crippen LogP contribution in [0.5, 0.6) is 0 Å². The van der Waals surface area contributed by atoms with Gasteiger partial charge in [-0.1, -0.05) is 51.6 Å². The van der Waals surface area contributed by atoms with Gasteiger partial charge in [0.05, 0.1) is 0 Å². The first-order chi connectivity index (χ1) is 6.04. The van der Waals surface area contributed by atoms with Gasteiger partial charge in [0.25, 0.3) is 0 Å². The molecule has 80 valence electrons. The molecule has 1 nitrogen and oxygen atoms in total. The average Bonchev–Trinajstić information content (AvgIpc) is 2.00. The van der Waals surface area contributed by atoms with Gasteiger partial charge in [-0.3, -0.25) is 0 Å². The molecule has 0 bridgehead atoms. The van der Waals surface area contributed by atoms with Crippen molar-refractivity contribution in [2.24, 2.45) is 0 Å². The van der Waals surface area contributed by atoms with Crippen molar-refractivity contribution in [3.05, 3.63) is 0 Å². The monoisotopic (exact) mass is 330 g/mol. The lowest BCUT2D eigenvalue weighted by atomic mass is 10.1. The van der Waals surface area contributed by atoms with Gasteiger partial charge in [0.15, 0.2) is 9.04 Å². The largest absolute Gasteiger partial charge is 0.406 e. The second-order valence-electron chi connectivity index (χ2n) is 3.59. The molecule has 1 atom stereocenters. The standard InChI is InChI=1S/C9H20Br2OSi/c1-4-5-6-9(11,7-8-10)12-13(2)3/h13H,4-8H2,1-3H3. The van der Waals surface area contributed by atoms with Gasteiger partial charge >= 0.3 is 0 Å². The quantitative estimate of drug-likeness (QED) is 0.505. The molecule has 0 fully saturated rings. The third kappa shape index (κ3) is 7.11. The van der Waals surface area contributed by atoms with Crippen LogP contribution in [0.3, 0.4) is 0 Å². The summed E-state index contributed by atoms with van der Waals surface area (Å²) in [6.45, 7) is 6.65. The van der Waals surface area contributed by atoms with Gasteiger partial charge in [0, 0.05) is 5.33 Å². The van der Waals surface area contributed by atoms with E-state index in [0.29, 0.717) is 0 Å². The molecule has 0 N–H and O–H groups in total. The van der Waals surface area contributed by atoms with Gasteiger partial charge in [-0.05, 0) is 25.9 Å². The third-order valence-corrected chi connectivity index (χ3v) is 4.46. The molecule has 0 aromatic carbocycles. The van der Waals surface area contributed by atoms with Crippen molar-refractivity contribution in [2.45, 2.75) is 50.2 Å². The minimum Gasteiger partial charge on any atom is -0.406 e. The summed E-state index contributed by atoms with van der Waals surface area (Å²) in [5.74, 6) is 0. The molecule has 0 saturated heterocycles. The Morgan fingerprint density at radius 3 is 2.31 bits per heavy atom. The lowest BCUT2D eigenvalue weighted by Crippen LogP contribution is -2.30. The highest BCUT2D eigenvalue weighted by atomic mass is 79.9. The van der Waals surface area contributed by atoms with Crippen LogP contribution in [0.2, 0.25) is 13.1 Å². The lowest BCUT2D eigenvalue weighted by Gasteiger charge is -2.29. The summed E-state index contributed by atoms with van der Waals surface area (Å²) in [5, 5.41) is 1.00. The summed E-state index contributed by atoms with van der Waals surface area (Å²) in [6.07, 6.45) is 4.65. The van der Waals surface area contributed by atoms with Gasteiger partial charge in [-0.25, -0.2) is 0 Å². The van der Waals surface area contributed by atoms with Crippen LogP contribution in [-0.4, -0.2) is 18.9 Å². The highest BCUT2D eigenvalue weighted by Gasteiger charge is 2.26. The number of halogens is 2. The third-order valence-electron chi connectivity index (χ3n) is 1.82. The van der Waals surface area contributed by atoms with Gasteiger partial charge in [0.2, 0.25) is 0 Å². The first kappa shape index (κ1) is 14.1. The second-order valence-corrected chi connectivity index (χ2v) is 8.16. The van der Waals surface area contributed by atoms with E-state index in [1.165, 1.54) is 12.8 Å². The van der Waals surface area contributed by atoms with Crippen LogP contribution in [-0.2, 0) is 4.43 Å². The fraction of sp³-hybridized carbons (Fsp3) is 1.00. The fourth-order valence-electron chi connectivity index (χ4n) is 1.25. The second kappa shape index (κ2) is 7.43. The minimum absolute atomic E-state index is 0.0487. The molecule has 13 heavy (non-hydrogen) atoms. The highest BCUT2D eigenvalue weighted by molar-refractivity contribution is 9.10. The van der Waals surface area contributed by atoms with E-state index in [2.05, 4.69) is 51.9 Å². The van der Waals surface area contributed by atoms with E-state index in [9.17, 15) is 0 Å². The van der Waals surface area contributed by atoms with Crippen molar-refractivity contribution in [3.8, 4) is 0 Å². The van der Waals surface area contributed by atoms with Crippen LogP contribution in [0.1, 0.15) is 32.6 Å². The Labute approximate surface area is 101 Å². The Balaban J connectivity index is 3.99. The summed E-state index contributed by atoms with van der Waals surface area (Å²) in [4.78, 5) is 0. The summed E-state index contributed by atoms with van der Waals surface area (Å²) in [6, 6.07) is 0. The molecular weight excluding hydrogens is 312 g/mol. The molecule has 4 heteroatoms. The SMILES string of the molecule is CCCCC(Br)(CCBr)O[SiH](C)C. The normalized spacial score (nSPS) is 16.2. The van der Waals surface area contributed by atoms with Crippen molar-refractivity contribution in [2.75, 3.05) is 5.33 Å². The van der Waals surface area contributed by atoms with E-state index in [1.807, 2.05) is 0 Å². The number of hydrogen-bond acceptors (Lipinski definition) is 1. The maximum atomic E-state index is 6.01. The Morgan fingerprint density at radius 1 is 1.31 bits per heavy atom. The molecule has 0 aromatic heterocycles. The smallest absolute Gasteiger partial charge is 0.172 e. The van der Waals surface area contributed by atoms with Crippen LogP contribution in [0.4, 0.5) is 0 Å². The predicted octanol–water partition coefficient (Wildman–Crippen LogP) is 4.05. The van der Waals surface area contributed by atoms with E-state index in [-0.39, 0.29) is 4.51 Å². The molecule has 0 radical (unpaired) electrons. The van der Waals surface area contributed by atoms with E-state index in [4.69, 9.17) is 4.43 Å². The van der Waals surface area contributed by atoms with E-state index in [1.54, 1.807) is 0 Å². The highest BCUT2D eigenvalue weighted by Crippen LogP contribution is 2.31. The van der Waals surface area contributed by atoms with Crippen molar-refractivity contribution < 1.29 is 4.43 Å². The van der Waals surface area contributed by atoms with E-state index >= 15 is 0 Å². The molecule has 1 unspecified atom stereocenters. The zero-order valence-corrected chi connectivity index (χ0v) is 13.1. The first-order valence-electron chi connectivity index (χ1n) is 4.96. The molecule has 0 heterocycles. The Bertz CT molecular complexity index is 133. The Hall–Kier alpha value is 1.14. The topological polar surface area (TPSA) is 9.23 Å². The van der Waals surface area contributed by atoms with Crippen molar-refractivity contribution in [1.82, 2.24) is 0 Å². The molecular formula is C9H20Br2OSi. The molecule has 0 amide bonds. The zero-order chi connectivity index (χ0) is 10.3. The van der Waals surface area contributed by atoms with Crippen LogP contribution in [0.15, 0.2) is 0 Å². The number of rotatable bonds is 7. The molecule has 0 saturated carbocycles.